The number of benzene rings is 2. The maximum Gasteiger partial charge on any atom is 0.435 e. The van der Waals surface area contributed by atoms with Crippen LogP contribution < -0.4 is 15.8 Å². The second-order valence-corrected chi connectivity index (χ2v) is 7.27. The molecule has 3 N–H and O–H groups in total. The molecule has 0 saturated heterocycles. The van der Waals surface area contributed by atoms with Gasteiger partial charge in [-0.1, -0.05) is 19.9 Å². The van der Waals surface area contributed by atoms with Gasteiger partial charge >= 0.3 is 6.09 Å². The van der Waals surface area contributed by atoms with Crippen LogP contribution in [0.4, 0.5) is 14.9 Å². The lowest BCUT2D eigenvalue weighted by Gasteiger charge is -2.25. The number of nitrogens with one attached hydrogen (secondary N) is 1. The van der Waals surface area contributed by atoms with Gasteiger partial charge in [0.15, 0.2) is 0 Å². The zero-order chi connectivity index (χ0) is 22.4. The Balaban J connectivity index is 1.70. The standard InChI is InChI=1S/C23H26FN3O4/c1-3-11-30-23(29)27-21(25)15-6-9-18(19(24)13-15)22(28)26-16-7-10-20-14(12-16)5-8-17(4-2)31-20/h6-7,9-10,12-13,17H,3-5,8,11H2,1-2H3,(H,26,28)(H2,25,27,29). The molecular weight excluding hydrogens is 401 g/mol. The summed E-state index contributed by atoms with van der Waals surface area (Å²) in [7, 11) is 0. The molecule has 0 aromatic heterocycles. The lowest BCUT2D eigenvalue weighted by molar-refractivity contribution is 0.102. The van der Waals surface area contributed by atoms with Gasteiger partial charge in [-0.3, -0.25) is 4.79 Å². The number of rotatable bonds is 6. The minimum absolute atomic E-state index is 0.148. The summed E-state index contributed by atoms with van der Waals surface area (Å²) in [5, 5.41) is 2.71. The Morgan fingerprint density at radius 1 is 1.26 bits per heavy atom. The first kappa shape index (κ1) is 22.3. The van der Waals surface area contributed by atoms with Crippen LogP contribution in [0.2, 0.25) is 0 Å². The van der Waals surface area contributed by atoms with Crippen LogP contribution in [0.3, 0.4) is 0 Å². The average molecular weight is 427 g/mol. The molecule has 0 aliphatic carbocycles. The minimum Gasteiger partial charge on any atom is -0.490 e. The van der Waals surface area contributed by atoms with E-state index in [1.807, 2.05) is 19.1 Å². The van der Waals surface area contributed by atoms with Crippen molar-refractivity contribution in [3.05, 3.63) is 58.9 Å². The number of halogens is 1. The molecule has 7 nitrogen and oxygen atoms in total. The largest absolute Gasteiger partial charge is 0.490 e. The quantitative estimate of drug-likeness (QED) is 0.524. The highest BCUT2D eigenvalue weighted by atomic mass is 19.1. The fourth-order valence-corrected chi connectivity index (χ4v) is 3.25. The van der Waals surface area contributed by atoms with E-state index < -0.39 is 17.8 Å². The summed E-state index contributed by atoms with van der Waals surface area (Å²) in [5.74, 6) is -0.738. The molecule has 1 aliphatic heterocycles. The first-order valence-corrected chi connectivity index (χ1v) is 10.3. The van der Waals surface area contributed by atoms with Crippen molar-refractivity contribution in [1.82, 2.24) is 0 Å². The number of amides is 2. The number of nitrogens with zero attached hydrogens (tertiary/aromatic N) is 1. The summed E-state index contributed by atoms with van der Waals surface area (Å²) in [5.41, 5.74) is 7.34. The molecule has 3 rings (SSSR count). The highest BCUT2D eigenvalue weighted by Crippen LogP contribution is 2.31. The third kappa shape index (κ3) is 5.59. The SMILES string of the molecule is CCCOC(=O)N=C(N)c1ccc(C(=O)Nc2ccc3c(c2)CCC(CC)O3)c(F)c1. The van der Waals surface area contributed by atoms with E-state index in [0.717, 1.165) is 36.6 Å². The topological polar surface area (TPSA) is 103 Å². The number of anilines is 1. The van der Waals surface area contributed by atoms with Crippen LogP contribution >= 0.6 is 0 Å². The Kier molecular flexibility index (Phi) is 7.23. The minimum atomic E-state index is -0.844. The number of ether oxygens (including phenoxy) is 2. The second kappa shape index (κ2) is 10.1. The van der Waals surface area contributed by atoms with Crippen LogP contribution in [0, 0.1) is 5.82 Å². The number of aryl methyl sites for hydroxylation is 1. The van der Waals surface area contributed by atoms with Crippen LogP contribution in [-0.4, -0.2) is 30.5 Å². The number of aliphatic imine (C=N–C) groups is 1. The molecule has 2 aromatic rings. The zero-order valence-electron chi connectivity index (χ0n) is 17.6. The molecule has 2 amide bonds. The van der Waals surface area contributed by atoms with E-state index in [1.165, 1.54) is 12.1 Å². The Morgan fingerprint density at radius 3 is 2.77 bits per heavy atom. The second-order valence-electron chi connectivity index (χ2n) is 7.27. The lowest BCUT2D eigenvalue weighted by Crippen LogP contribution is -2.22. The van der Waals surface area contributed by atoms with Crippen LogP contribution in [0.1, 0.15) is 54.6 Å². The van der Waals surface area contributed by atoms with E-state index in [2.05, 4.69) is 17.2 Å². The molecule has 31 heavy (non-hydrogen) atoms. The summed E-state index contributed by atoms with van der Waals surface area (Å²) < 4.78 is 25.3. The van der Waals surface area contributed by atoms with Crippen LogP contribution in [0.25, 0.3) is 0 Å². The lowest BCUT2D eigenvalue weighted by atomic mass is 10.0. The molecule has 1 aliphatic rings. The van der Waals surface area contributed by atoms with Gasteiger partial charge in [-0.15, -0.1) is 0 Å². The van der Waals surface area contributed by atoms with E-state index >= 15 is 0 Å². The number of carbonyl (C=O) groups is 2. The van der Waals surface area contributed by atoms with Crippen molar-refractivity contribution in [2.75, 3.05) is 11.9 Å². The average Bonchev–Trinajstić information content (AvgIpc) is 2.77. The Bertz CT molecular complexity index is 1010. The van der Waals surface area contributed by atoms with Crippen molar-refractivity contribution >= 4 is 23.5 Å². The molecule has 1 heterocycles. The van der Waals surface area contributed by atoms with Gasteiger partial charge in [0.05, 0.1) is 18.3 Å². The molecule has 164 valence electrons. The maximum atomic E-state index is 14.6. The number of nitrogens with two attached hydrogens (primary N) is 1. The highest BCUT2D eigenvalue weighted by molar-refractivity contribution is 6.06. The predicted molar refractivity (Wildman–Crippen MR) is 116 cm³/mol. The van der Waals surface area contributed by atoms with Crippen molar-refractivity contribution in [3.8, 4) is 5.75 Å². The maximum absolute atomic E-state index is 14.6. The van der Waals surface area contributed by atoms with Gasteiger partial charge in [0, 0.05) is 11.3 Å². The molecule has 0 saturated carbocycles. The molecule has 0 bridgehead atoms. The molecule has 2 aromatic carbocycles. The zero-order valence-corrected chi connectivity index (χ0v) is 17.6. The van der Waals surface area contributed by atoms with E-state index in [-0.39, 0.29) is 29.7 Å². The number of carbonyl (C=O) groups excluding carboxylic acids is 2. The molecule has 1 atom stereocenters. The van der Waals surface area contributed by atoms with Crippen molar-refractivity contribution < 1.29 is 23.5 Å². The first-order valence-electron chi connectivity index (χ1n) is 10.3. The molecule has 0 radical (unpaired) electrons. The van der Waals surface area contributed by atoms with Crippen LogP contribution in [-0.2, 0) is 11.2 Å². The summed E-state index contributed by atoms with van der Waals surface area (Å²) in [4.78, 5) is 27.7. The third-order valence-electron chi connectivity index (χ3n) is 4.95. The first-order chi connectivity index (χ1) is 14.9. The summed E-state index contributed by atoms with van der Waals surface area (Å²) in [6.07, 6.45) is 2.75. The molecule has 0 fully saturated rings. The number of fused-ring (bicyclic) bond motifs is 1. The monoisotopic (exact) mass is 427 g/mol. The number of hydrogen-bond acceptors (Lipinski definition) is 4. The molecule has 8 heteroatoms. The van der Waals surface area contributed by atoms with Gasteiger partial charge < -0.3 is 20.5 Å². The van der Waals surface area contributed by atoms with Gasteiger partial charge in [-0.2, -0.15) is 4.99 Å². The molecular formula is C23H26FN3O4. The van der Waals surface area contributed by atoms with E-state index in [9.17, 15) is 14.0 Å². The van der Waals surface area contributed by atoms with Crippen molar-refractivity contribution in [2.45, 2.75) is 45.6 Å². The van der Waals surface area contributed by atoms with Crippen molar-refractivity contribution in [3.63, 3.8) is 0 Å². The molecule has 1 unspecified atom stereocenters. The summed E-state index contributed by atoms with van der Waals surface area (Å²) >= 11 is 0. The van der Waals surface area contributed by atoms with Crippen LogP contribution in [0.5, 0.6) is 5.75 Å². The van der Waals surface area contributed by atoms with Gasteiger partial charge in [0.25, 0.3) is 5.91 Å². The fourth-order valence-electron chi connectivity index (χ4n) is 3.25. The van der Waals surface area contributed by atoms with Crippen molar-refractivity contribution in [1.29, 1.82) is 0 Å². The van der Waals surface area contributed by atoms with Crippen molar-refractivity contribution in [2.24, 2.45) is 10.7 Å². The molecule has 0 spiro atoms. The fraction of sp³-hybridized carbons (Fsp3) is 0.348. The van der Waals surface area contributed by atoms with Gasteiger partial charge in [0.1, 0.15) is 17.4 Å². The summed E-state index contributed by atoms with van der Waals surface area (Å²) in [6.45, 7) is 4.15. The number of hydrogen-bond donors (Lipinski definition) is 2. The number of amidine groups is 1. The van der Waals surface area contributed by atoms with E-state index in [1.54, 1.807) is 6.07 Å². The third-order valence-corrected chi connectivity index (χ3v) is 4.95. The Morgan fingerprint density at radius 2 is 2.06 bits per heavy atom. The highest BCUT2D eigenvalue weighted by Gasteiger charge is 2.19. The van der Waals surface area contributed by atoms with Gasteiger partial charge in [-0.25, -0.2) is 9.18 Å². The van der Waals surface area contributed by atoms with Crippen LogP contribution in [0.15, 0.2) is 41.4 Å². The van der Waals surface area contributed by atoms with E-state index in [4.69, 9.17) is 15.2 Å². The normalized spacial score (nSPS) is 15.6. The summed E-state index contributed by atoms with van der Waals surface area (Å²) in [6, 6.07) is 9.18. The van der Waals surface area contributed by atoms with E-state index in [0.29, 0.717) is 12.1 Å². The smallest absolute Gasteiger partial charge is 0.435 e. The van der Waals surface area contributed by atoms with Gasteiger partial charge in [-0.05, 0) is 61.6 Å². The van der Waals surface area contributed by atoms with Gasteiger partial charge in [0.2, 0.25) is 0 Å². The Labute approximate surface area is 180 Å². The predicted octanol–water partition coefficient (Wildman–Crippen LogP) is 4.43. The Hall–Kier alpha value is -3.42.